The summed E-state index contributed by atoms with van der Waals surface area (Å²) >= 11 is 0. The van der Waals surface area contributed by atoms with E-state index in [0.717, 1.165) is 6.07 Å². The van der Waals surface area contributed by atoms with Gasteiger partial charge in [0.05, 0.1) is 24.2 Å². The first-order valence-corrected chi connectivity index (χ1v) is 14.1. The van der Waals surface area contributed by atoms with E-state index in [9.17, 15) is 54.6 Å². The molecule has 1 amide bonds. The maximum absolute atomic E-state index is 13.2. The number of carboxylic acids is 2. The lowest BCUT2D eigenvalue weighted by Crippen LogP contribution is -2.55. The summed E-state index contributed by atoms with van der Waals surface area (Å²) in [5.41, 5.74) is -0.514. The monoisotopic (exact) mass is 652 g/mol. The molecular formula is C29H36N2O15. The number of aliphatic hydroxyl groups excluding tert-OH is 4. The summed E-state index contributed by atoms with van der Waals surface area (Å²) in [6.07, 6.45) is -9.43. The van der Waals surface area contributed by atoms with Crippen LogP contribution in [0.4, 0.5) is 0 Å². The molecule has 3 rings (SSSR count). The van der Waals surface area contributed by atoms with Crippen molar-refractivity contribution in [3.8, 4) is 5.75 Å². The number of carboxylic acid groups (broad SMARTS) is 2. The molecule has 0 bridgehead atoms. The van der Waals surface area contributed by atoms with Gasteiger partial charge in [-0.2, -0.15) is 0 Å². The van der Waals surface area contributed by atoms with Crippen molar-refractivity contribution < 1.29 is 68.8 Å². The van der Waals surface area contributed by atoms with Crippen LogP contribution in [-0.2, 0) is 35.1 Å². The summed E-state index contributed by atoms with van der Waals surface area (Å²) in [7, 11) is 0. The van der Waals surface area contributed by atoms with E-state index in [1.54, 1.807) is 0 Å². The number of amides is 1. The number of fused-ring (bicyclic) bond motifs is 1. The fraction of sp³-hybridized carbons (Fsp3) is 0.517. The molecule has 0 radical (unpaired) electrons. The number of hydrogen-bond acceptors (Lipinski definition) is 14. The highest BCUT2D eigenvalue weighted by Gasteiger charge is 2.46. The quantitative estimate of drug-likeness (QED) is 0.0630. The Labute approximate surface area is 260 Å². The molecule has 252 valence electrons. The summed E-state index contributed by atoms with van der Waals surface area (Å²) in [5.74, 6) is -4.12. The Balaban J connectivity index is 2.00. The van der Waals surface area contributed by atoms with Gasteiger partial charge in [-0.15, -0.1) is 0 Å². The van der Waals surface area contributed by atoms with Crippen molar-refractivity contribution in [1.82, 2.24) is 5.32 Å². The van der Waals surface area contributed by atoms with Crippen molar-refractivity contribution in [3.63, 3.8) is 0 Å². The second-order valence-corrected chi connectivity index (χ2v) is 10.8. The normalized spacial score (nSPS) is 23.0. The van der Waals surface area contributed by atoms with Gasteiger partial charge >= 0.3 is 11.9 Å². The minimum atomic E-state index is -1.80. The van der Waals surface area contributed by atoms with Gasteiger partial charge in [0.2, 0.25) is 5.91 Å². The predicted octanol–water partition coefficient (Wildman–Crippen LogP) is -1.31. The van der Waals surface area contributed by atoms with Gasteiger partial charge in [-0.3, -0.25) is 24.2 Å². The Bertz CT molecular complexity index is 1530. The van der Waals surface area contributed by atoms with Gasteiger partial charge in [-0.25, -0.2) is 4.79 Å². The molecule has 1 saturated heterocycles. The average Bonchev–Trinajstić information content (AvgIpc) is 2.97. The molecule has 17 heteroatoms. The number of aliphatic carboxylic acids is 2. The lowest BCUT2D eigenvalue weighted by atomic mass is 9.89. The van der Waals surface area contributed by atoms with Crippen LogP contribution in [0.1, 0.15) is 49.2 Å². The van der Waals surface area contributed by atoms with Crippen molar-refractivity contribution in [3.05, 3.63) is 39.2 Å². The molecule has 1 aromatic heterocycles. The number of rotatable bonds is 15. The molecule has 1 aromatic carbocycles. The Morgan fingerprint density at radius 3 is 2.41 bits per heavy atom. The second kappa shape index (κ2) is 15.7. The maximum Gasteiger partial charge on any atom is 0.326 e. The van der Waals surface area contributed by atoms with E-state index in [2.05, 4.69) is 15.0 Å². The number of hydrogen-bond donors (Lipinski definition) is 8. The van der Waals surface area contributed by atoms with Crippen LogP contribution in [0.15, 0.2) is 26.3 Å². The molecule has 1 aliphatic heterocycles. The number of ether oxygens (including phenoxy) is 2. The van der Waals surface area contributed by atoms with Crippen LogP contribution >= 0.6 is 0 Å². The van der Waals surface area contributed by atoms with E-state index < -0.39 is 91.1 Å². The molecule has 7 atom stereocenters. The molecule has 1 fully saturated rings. The highest BCUT2D eigenvalue weighted by Crippen LogP contribution is 2.41. The number of benzene rings is 1. The first-order chi connectivity index (χ1) is 21.7. The first-order valence-electron chi connectivity index (χ1n) is 14.1. The summed E-state index contributed by atoms with van der Waals surface area (Å²) in [4.78, 5) is 63.6. The Hall–Kier alpha value is -4.42. The van der Waals surface area contributed by atoms with Crippen molar-refractivity contribution in [2.45, 2.75) is 82.1 Å². The number of nitrogens with zero attached hydrogens (tertiary/aromatic N) is 1. The molecule has 46 heavy (non-hydrogen) atoms. The largest absolute Gasteiger partial charge is 0.507 e. The minimum Gasteiger partial charge on any atom is -0.507 e. The zero-order chi connectivity index (χ0) is 34.3. The maximum atomic E-state index is 13.2. The molecular weight excluding hydrogens is 616 g/mol. The van der Waals surface area contributed by atoms with E-state index >= 15 is 0 Å². The number of phenols is 1. The van der Waals surface area contributed by atoms with E-state index in [4.69, 9.17) is 14.3 Å². The Morgan fingerprint density at radius 1 is 1.11 bits per heavy atom. The molecule has 1 aliphatic rings. The fourth-order valence-electron chi connectivity index (χ4n) is 5.12. The molecule has 8 N–H and O–H groups in total. The third-order valence-corrected chi connectivity index (χ3v) is 7.39. The van der Waals surface area contributed by atoms with Gasteiger partial charge in [-0.1, -0.05) is 0 Å². The van der Waals surface area contributed by atoms with Gasteiger partial charge in [0.25, 0.3) is 6.47 Å². The van der Waals surface area contributed by atoms with Crippen LogP contribution in [0, 0.1) is 6.92 Å². The zero-order valence-electron chi connectivity index (χ0n) is 24.9. The van der Waals surface area contributed by atoms with Gasteiger partial charge in [0, 0.05) is 31.0 Å². The summed E-state index contributed by atoms with van der Waals surface area (Å²) in [6, 6.07) is -0.466. The Kier molecular flexibility index (Phi) is 12.3. The summed E-state index contributed by atoms with van der Waals surface area (Å²) in [6.45, 7) is 2.13. The molecule has 0 spiro atoms. The van der Waals surface area contributed by atoms with Crippen molar-refractivity contribution in [2.75, 3.05) is 13.2 Å². The van der Waals surface area contributed by atoms with E-state index in [1.807, 2.05) is 0 Å². The number of carbonyl (C=O) groups is 4. The number of aromatic hydroxyl groups is 1. The number of aliphatic hydroxyl groups is 4. The standard InChI is InChI=1S/C29H36N2O15/c1-12-7-17(34)22(27-25(40)24(39)23(38)19(10-32)46-27)26-21(12)18(35)9-14(45-26)8-13(2)30-15(5-6-44-11-33)28(41)31-16(29(42)43)3-4-20(36)37/h7,9,11,15-16,19,23-25,27,32,34,38-40H,3-6,8,10H2,1-2H3,(H,31,41)(H,36,37)(H,42,43)/b30-13+. The molecule has 0 saturated carbocycles. The lowest BCUT2D eigenvalue weighted by molar-refractivity contribution is -0.231. The zero-order valence-corrected chi connectivity index (χ0v) is 24.9. The lowest BCUT2D eigenvalue weighted by Gasteiger charge is -2.40. The smallest absolute Gasteiger partial charge is 0.326 e. The van der Waals surface area contributed by atoms with Gasteiger partial charge < -0.3 is 55.0 Å². The van der Waals surface area contributed by atoms with Crippen LogP contribution in [0.5, 0.6) is 5.75 Å². The van der Waals surface area contributed by atoms with Crippen molar-refractivity contribution in [1.29, 1.82) is 0 Å². The van der Waals surface area contributed by atoms with Crippen LogP contribution in [0.2, 0.25) is 0 Å². The van der Waals surface area contributed by atoms with E-state index in [-0.39, 0.29) is 53.9 Å². The van der Waals surface area contributed by atoms with Crippen LogP contribution in [0.3, 0.4) is 0 Å². The predicted molar refractivity (Wildman–Crippen MR) is 155 cm³/mol. The fourth-order valence-corrected chi connectivity index (χ4v) is 5.12. The molecule has 0 aliphatic carbocycles. The first kappa shape index (κ1) is 36.1. The highest BCUT2D eigenvalue weighted by atomic mass is 16.5. The van der Waals surface area contributed by atoms with Gasteiger partial charge in [0.15, 0.2) is 5.43 Å². The number of phenolic OH excluding ortho intramolecular Hbond substituents is 1. The average molecular weight is 653 g/mol. The van der Waals surface area contributed by atoms with E-state index in [0.29, 0.717) is 5.56 Å². The molecule has 7 unspecified atom stereocenters. The van der Waals surface area contributed by atoms with Crippen LogP contribution in [-0.4, -0.2) is 115 Å². The van der Waals surface area contributed by atoms with Gasteiger partial charge in [0.1, 0.15) is 59.7 Å². The van der Waals surface area contributed by atoms with Crippen LogP contribution < -0.4 is 10.7 Å². The summed E-state index contributed by atoms with van der Waals surface area (Å²) in [5, 5.41) is 72.2. The summed E-state index contributed by atoms with van der Waals surface area (Å²) < 4.78 is 16.2. The molecule has 2 aromatic rings. The highest BCUT2D eigenvalue weighted by molar-refractivity contribution is 5.92. The molecule has 2 heterocycles. The third-order valence-electron chi connectivity index (χ3n) is 7.39. The Morgan fingerprint density at radius 2 is 1.80 bits per heavy atom. The minimum absolute atomic E-state index is 0.00689. The van der Waals surface area contributed by atoms with Crippen molar-refractivity contribution in [2.24, 2.45) is 4.99 Å². The SMILES string of the molecule is C/C(Cc1cc(=O)c2c(C)cc(O)c(C3OC(CO)C(O)C(O)C3O)c2o1)=N\C(CCOC=O)C(=O)NC(CCC(=O)O)C(=O)O. The second-order valence-electron chi connectivity index (χ2n) is 10.8. The number of aryl methyl sites for hydroxylation is 1. The third kappa shape index (κ3) is 8.43. The molecule has 17 nitrogen and oxygen atoms in total. The van der Waals surface area contributed by atoms with Crippen molar-refractivity contribution >= 4 is 41.0 Å². The topological polar surface area (TPSA) is 283 Å². The number of nitrogens with one attached hydrogen (secondary N) is 1. The van der Waals surface area contributed by atoms with Gasteiger partial charge in [-0.05, 0) is 31.9 Å². The number of carbonyl (C=O) groups excluding carboxylic acids is 2. The van der Waals surface area contributed by atoms with Crippen LogP contribution in [0.25, 0.3) is 11.0 Å². The number of aliphatic imine (C=N–C) groups is 1. The van der Waals surface area contributed by atoms with E-state index in [1.165, 1.54) is 19.9 Å².